The molecule has 2 heterocycles. The molecule has 0 N–H and O–H groups in total. The Morgan fingerprint density at radius 3 is 1.46 bits per heavy atom. The Morgan fingerprint density at radius 2 is 0.938 bits per heavy atom. The lowest BCUT2D eigenvalue weighted by atomic mass is 9.54. The summed E-state index contributed by atoms with van der Waals surface area (Å²) in [4.78, 5) is 5.16. The van der Waals surface area contributed by atoms with E-state index in [2.05, 4.69) is 302 Å². The van der Waals surface area contributed by atoms with Crippen LogP contribution in [0, 0.1) is 3.57 Å². The van der Waals surface area contributed by atoms with Crippen molar-refractivity contribution < 1.29 is 0 Å². The molecule has 0 saturated heterocycles. The molecule has 6 heteroatoms. The van der Waals surface area contributed by atoms with Gasteiger partial charge in [-0.3, -0.25) is 0 Å². The van der Waals surface area contributed by atoms with Gasteiger partial charge in [0, 0.05) is 62.7 Å². The molecule has 1 atom stereocenters. The van der Waals surface area contributed by atoms with Crippen LogP contribution in [0.5, 0.6) is 0 Å². The second-order valence-corrected chi connectivity index (χ2v) is 34.9. The third-order valence-corrected chi connectivity index (χ3v) is 23.3. The number of nitrogens with zero attached hydrogens (tertiary/aromatic N) is 2. The van der Waals surface area contributed by atoms with E-state index in [1.54, 1.807) is 0 Å². The quantitative estimate of drug-likeness (QED) is 0.116. The Hall–Kier alpha value is -6.55. The summed E-state index contributed by atoms with van der Waals surface area (Å²) in [6.07, 6.45) is 6.93. The van der Waals surface area contributed by atoms with Crippen LogP contribution in [0.15, 0.2) is 205 Å². The van der Waals surface area contributed by atoms with E-state index in [1.807, 2.05) is 22.7 Å². The Labute approximate surface area is 501 Å². The van der Waals surface area contributed by atoms with E-state index >= 15 is 0 Å². The van der Waals surface area contributed by atoms with Crippen LogP contribution in [0.3, 0.4) is 0 Å². The van der Waals surface area contributed by atoms with E-state index in [0.29, 0.717) is 0 Å². The molecule has 11 aromatic rings. The molecule has 0 radical (unpaired) electrons. The van der Waals surface area contributed by atoms with Crippen LogP contribution >= 0.6 is 45.3 Å². The highest BCUT2D eigenvalue weighted by Crippen LogP contribution is 2.65. The first-order chi connectivity index (χ1) is 38.7. The maximum atomic E-state index is 2.60. The predicted octanol–water partition coefficient (Wildman–Crippen LogP) is 22.4. The van der Waals surface area contributed by atoms with Gasteiger partial charge in [0.25, 0.3) is 0 Å². The van der Waals surface area contributed by atoms with Crippen molar-refractivity contribution in [1.29, 1.82) is 0 Å². The molecular formula is C75H69IN2S2Si. The summed E-state index contributed by atoms with van der Waals surface area (Å²) in [5.74, 6) is 0. The van der Waals surface area contributed by atoms with Crippen LogP contribution in [0.25, 0.3) is 51.5 Å². The molecule has 1 spiro atoms. The standard InChI is InChI=1S/C75H69IN2S2Si/c1-72(2,3)64-34-18-26-52-54-28-20-36-66(70(54)79-68(52)64)77(47-23-16-22-46(76)42-47)49-38-40-58-56(44-49)57-45-50(39-41-59(57)75(58)62-32-14-12-30-60(62)74(7,8)61-31-13-15-33-63(61)75)78(48-24-17-25-51(43-48)81(9,10)11)67-37-21-29-55-53-27-19-35-65(73(4,5)6)69(53)80-71(55)67/h12-14,16-32,34-45H,15,33H2,1-11H3. The Kier molecular flexibility index (Phi) is 12.1. The monoisotopic (exact) mass is 1220 g/mol. The van der Waals surface area contributed by atoms with E-state index in [0.717, 1.165) is 29.9 Å². The largest absolute Gasteiger partial charge is 0.309 e. The lowest BCUT2D eigenvalue weighted by Crippen LogP contribution is -2.41. The number of rotatable bonds is 7. The molecule has 14 rings (SSSR count). The maximum Gasteiger partial charge on any atom is 0.0776 e. The van der Waals surface area contributed by atoms with Crippen LogP contribution in [0.1, 0.15) is 102 Å². The first-order valence-electron chi connectivity index (χ1n) is 28.9. The fourth-order valence-electron chi connectivity index (χ4n) is 14.2. The molecule has 3 aliphatic carbocycles. The lowest BCUT2D eigenvalue weighted by Gasteiger charge is -2.48. The number of hydrogen-bond acceptors (Lipinski definition) is 4. The van der Waals surface area contributed by atoms with Gasteiger partial charge >= 0.3 is 0 Å². The third-order valence-electron chi connectivity index (χ3n) is 18.1. The average Bonchev–Trinajstić information content (AvgIpc) is 2.63. The van der Waals surface area contributed by atoms with Gasteiger partial charge in [-0.1, -0.05) is 208 Å². The first kappa shape index (κ1) is 52.5. The van der Waals surface area contributed by atoms with E-state index in [-0.39, 0.29) is 16.2 Å². The molecule has 81 heavy (non-hydrogen) atoms. The second-order valence-electron chi connectivity index (χ2n) is 26.5. The molecule has 0 fully saturated rings. The molecule has 0 amide bonds. The molecule has 3 aliphatic rings. The molecule has 0 saturated carbocycles. The minimum Gasteiger partial charge on any atom is -0.309 e. The smallest absolute Gasteiger partial charge is 0.0776 e. The van der Waals surface area contributed by atoms with E-state index in [4.69, 9.17) is 0 Å². The van der Waals surface area contributed by atoms with Gasteiger partial charge in [0.05, 0.1) is 34.3 Å². The molecule has 0 aliphatic heterocycles. The van der Waals surface area contributed by atoms with Gasteiger partial charge in [0.1, 0.15) is 0 Å². The SMILES string of the molecule is CC(C)(C)c1cccc2c1sc1c(N(c3cccc(I)c3)c3ccc4c(c3)-c3cc(N(c5cccc([Si](C)(C)C)c5)c5cccc6c5sc5c(C(C)(C)C)cccc56)ccc3C43C4=C(C=CCC4)C(C)(C)c4ccccc43)cccc12. The molecule has 2 aromatic heterocycles. The van der Waals surface area contributed by atoms with Gasteiger partial charge in [0.15, 0.2) is 0 Å². The van der Waals surface area contributed by atoms with Crippen molar-refractivity contribution in [2.75, 3.05) is 9.80 Å². The Morgan fingerprint density at radius 1 is 0.469 bits per heavy atom. The molecular weight excluding hydrogens is 1150 g/mol. The maximum absolute atomic E-state index is 2.60. The van der Waals surface area contributed by atoms with Crippen LogP contribution in [0.2, 0.25) is 19.6 Å². The Balaban J connectivity index is 1.07. The number of thiophene rings is 2. The van der Waals surface area contributed by atoms with Gasteiger partial charge in [-0.2, -0.15) is 0 Å². The van der Waals surface area contributed by atoms with Crippen molar-refractivity contribution in [3.05, 3.63) is 242 Å². The number of fused-ring (bicyclic) bond motifs is 14. The lowest BCUT2D eigenvalue weighted by molar-refractivity contribution is 0.536. The zero-order chi connectivity index (χ0) is 56.1. The number of hydrogen-bond donors (Lipinski definition) is 0. The average molecular weight is 1220 g/mol. The summed E-state index contributed by atoms with van der Waals surface area (Å²) in [7, 11) is -1.73. The summed E-state index contributed by atoms with van der Waals surface area (Å²) < 4.78 is 6.57. The van der Waals surface area contributed by atoms with E-state index in [9.17, 15) is 0 Å². The van der Waals surface area contributed by atoms with Crippen molar-refractivity contribution >= 4 is 133 Å². The second kappa shape index (κ2) is 18.7. The van der Waals surface area contributed by atoms with Crippen LogP contribution in [0.4, 0.5) is 34.1 Å². The summed E-state index contributed by atoms with van der Waals surface area (Å²) in [6.45, 7) is 26.4. The normalized spacial score (nSPS) is 16.6. The minimum absolute atomic E-state index is 0.000797. The molecule has 402 valence electrons. The summed E-state index contributed by atoms with van der Waals surface area (Å²) in [6, 6.07) is 71.0. The van der Waals surface area contributed by atoms with E-state index < -0.39 is 13.5 Å². The van der Waals surface area contributed by atoms with Crippen molar-refractivity contribution in [2.24, 2.45) is 0 Å². The number of anilines is 6. The minimum atomic E-state index is -1.73. The van der Waals surface area contributed by atoms with Gasteiger partial charge in [0.2, 0.25) is 0 Å². The fraction of sp³-hybridized carbons (Fsp3) is 0.227. The highest BCUT2D eigenvalue weighted by Gasteiger charge is 2.54. The van der Waals surface area contributed by atoms with Crippen LogP contribution < -0.4 is 15.0 Å². The Bertz CT molecular complexity index is 4490. The molecule has 9 aromatic carbocycles. The highest BCUT2D eigenvalue weighted by molar-refractivity contribution is 14.1. The topological polar surface area (TPSA) is 6.48 Å². The van der Waals surface area contributed by atoms with Gasteiger partial charge in [-0.05, 0) is 169 Å². The van der Waals surface area contributed by atoms with Gasteiger partial charge < -0.3 is 9.80 Å². The van der Waals surface area contributed by atoms with Gasteiger partial charge in [-0.15, -0.1) is 22.7 Å². The van der Waals surface area contributed by atoms with Crippen molar-refractivity contribution in [2.45, 2.75) is 110 Å². The van der Waals surface area contributed by atoms with Crippen molar-refractivity contribution in [1.82, 2.24) is 0 Å². The third kappa shape index (κ3) is 8.08. The fourth-order valence-corrected chi connectivity index (χ4v) is 19.0. The summed E-state index contributed by atoms with van der Waals surface area (Å²) in [5, 5.41) is 6.72. The highest BCUT2D eigenvalue weighted by atomic mass is 127. The zero-order valence-electron chi connectivity index (χ0n) is 48.5. The molecule has 1 unspecified atom stereocenters. The van der Waals surface area contributed by atoms with Gasteiger partial charge in [-0.25, -0.2) is 0 Å². The molecule has 2 nitrogen and oxygen atoms in total. The van der Waals surface area contributed by atoms with Crippen LogP contribution in [-0.2, 0) is 21.7 Å². The van der Waals surface area contributed by atoms with E-state index in [1.165, 1.54) is 122 Å². The molecule has 0 bridgehead atoms. The number of benzene rings is 9. The first-order valence-corrected chi connectivity index (χ1v) is 35.1. The van der Waals surface area contributed by atoms with Crippen molar-refractivity contribution in [3.8, 4) is 11.1 Å². The predicted molar refractivity (Wildman–Crippen MR) is 365 cm³/mol. The number of halogens is 1. The zero-order valence-corrected chi connectivity index (χ0v) is 53.3. The number of allylic oxidation sites excluding steroid dienone is 4. The van der Waals surface area contributed by atoms with Crippen molar-refractivity contribution in [3.63, 3.8) is 0 Å². The van der Waals surface area contributed by atoms with Crippen LogP contribution in [-0.4, -0.2) is 8.07 Å². The summed E-state index contributed by atoms with van der Waals surface area (Å²) in [5.41, 5.74) is 20.3. The summed E-state index contributed by atoms with van der Waals surface area (Å²) >= 11 is 6.41.